The van der Waals surface area contributed by atoms with E-state index in [4.69, 9.17) is 14.9 Å². The minimum absolute atomic E-state index is 0.130. The molecule has 0 aromatic rings. The van der Waals surface area contributed by atoms with E-state index >= 15 is 0 Å². The van der Waals surface area contributed by atoms with E-state index in [1.807, 2.05) is 0 Å². The molecule has 1 fully saturated rings. The number of aliphatic hydroxyl groups excluding tert-OH is 1. The predicted molar refractivity (Wildman–Crippen MR) is 58.0 cm³/mol. The van der Waals surface area contributed by atoms with Gasteiger partial charge in [0.25, 0.3) is 5.91 Å². The van der Waals surface area contributed by atoms with Crippen LogP contribution in [0, 0.1) is 0 Å². The maximum Gasteiger partial charge on any atom is 0.409 e. The van der Waals surface area contributed by atoms with Crippen molar-refractivity contribution >= 4 is 12.0 Å². The van der Waals surface area contributed by atoms with E-state index in [-0.39, 0.29) is 12.1 Å². The summed E-state index contributed by atoms with van der Waals surface area (Å²) in [5.41, 5.74) is 0. The molecule has 98 valence electrons. The van der Waals surface area contributed by atoms with Crippen molar-refractivity contribution in [2.75, 3.05) is 19.7 Å². The summed E-state index contributed by atoms with van der Waals surface area (Å²) in [6, 6.07) is -0.130. The molecular weight excluding hydrogens is 228 g/mol. The molecule has 0 atom stereocenters. The molecule has 1 saturated heterocycles. The molecule has 3 N–H and O–H groups in total. The van der Waals surface area contributed by atoms with Crippen LogP contribution in [0.15, 0.2) is 0 Å². The molecule has 0 spiro atoms. The molecule has 0 aliphatic carbocycles. The highest BCUT2D eigenvalue weighted by atomic mass is 16.6. The van der Waals surface area contributed by atoms with Crippen LogP contribution >= 0.6 is 0 Å². The maximum atomic E-state index is 11.4. The standard InChI is InChI=1S/C10H18N2O5/c1-2-17-10(16)12-5-3-7(4-6-12)11-8(13)9(14)15/h7,9,14-15H,2-6H2,1H3,(H,11,13). The Morgan fingerprint density at radius 1 is 1.41 bits per heavy atom. The van der Waals surface area contributed by atoms with E-state index < -0.39 is 12.2 Å². The molecule has 0 saturated carbocycles. The van der Waals surface area contributed by atoms with Gasteiger partial charge >= 0.3 is 6.09 Å². The van der Waals surface area contributed by atoms with E-state index in [0.717, 1.165) is 0 Å². The van der Waals surface area contributed by atoms with Gasteiger partial charge in [-0.1, -0.05) is 0 Å². The Labute approximate surface area is 99.4 Å². The molecule has 0 aromatic carbocycles. The van der Waals surface area contributed by atoms with Crippen molar-refractivity contribution in [3.8, 4) is 0 Å². The molecule has 1 aliphatic rings. The number of carbonyl (C=O) groups is 2. The maximum absolute atomic E-state index is 11.4. The summed E-state index contributed by atoms with van der Waals surface area (Å²) >= 11 is 0. The summed E-state index contributed by atoms with van der Waals surface area (Å²) in [4.78, 5) is 24.0. The second-order valence-electron chi connectivity index (χ2n) is 3.84. The zero-order valence-electron chi connectivity index (χ0n) is 9.76. The number of amides is 2. The fourth-order valence-corrected chi connectivity index (χ4v) is 1.70. The Balaban J connectivity index is 2.31. The molecule has 17 heavy (non-hydrogen) atoms. The summed E-state index contributed by atoms with van der Waals surface area (Å²) in [5, 5.41) is 19.7. The van der Waals surface area contributed by atoms with E-state index in [1.165, 1.54) is 0 Å². The van der Waals surface area contributed by atoms with Crippen LogP contribution in [0.5, 0.6) is 0 Å². The summed E-state index contributed by atoms with van der Waals surface area (Å²) < 4.78 is 4.86. The molecule has 7 heteroatoms. The van der Waals surface area contributed by atoms with Gasteiger partial charge in [0.15, 0.2) is 0 Å². The van der Waals surface area contributed by atoms with Crippen molar-refractivity contribution in [2.45, 2.75) is 32.1 Å². The first-order valence-electron chi connectivity index (χ1n) is 5.62. The van der Waals surface area contributed by atoms with Gasteiger partial charge in [0, 0.05) is 19.1 Å². The third-order valence-electron chi connectivity index (χ3n) is 2.60. The Kier molecular flexibility index (Phi) is 5.17. The van der Waals surface area contributed by atoms with Gasteiger partial charge in [-0.15, -0.1) is 0 Å². The van der Waals surface area contributed by atoms with Crippen LogP contribution in [-0.2, 0) is 9.53 Å². The topological polar surface area (TPSA) is 99.1 Å². The number of hydrogen-bond donors (Lipinski definition) is 3. The number of nitrogens with one attached hydrogen (secondary N) is 1. The van der Waals surface area contributed by atoms with Gasteiger partial charge in [0.05, 0.1) is 6.61 Å². The molecule has 1 heterocycles. The first-order chi connectivity index (χ1) is 8.04. The molecule has 0 radical (unpaired) electrons. The number of likely N-dealkylation sites (tertiary alicyclic amines) is 1. The highest BCUT2D eigenvalue weighted by Gasteiger charge is 2.25. The monoisotopic (exact) mass is 246 g/mol. The van der Waals surface area contributed by atoms with Gasteiger partial charge in [0.1, 0.15) is 0 Å². The molecule has 0 bridgehead atoms. The van der Waals surface area contributed by atoms with Gasteiger partial charge in [-0.3, -0.25) is 4.79 Å². The SMILES string of the molecule is CCOC(=O)N1CCC(NC(=O)C(O)O)CC1. The number of rotatable bonds is 3. The van der Waals surface area contributed by atoms with Gasteiger partial charge in [-0.05, 0) is 19.8 Å². The van der Waals surface area contributed by atoms with Gasteiger partial charge in [-0.25, -0.2) is 4.79 Å². The first kappa shape index (κ1) is 13.7. The molecule has 7 nitrogen and oxygen atoms in total. The van der Waals surface area contributed by atoms with Crippen molar-refractivity contribution < 1.29 is 24.5 Å². The number of ether oxygens (including phenoxy) is 1. The van der Waals surface area contributed by atoms with Crippen molar-refractivity contribution in [1.29, 1.82) is 0 Å². The molecular formula is C10H18N2O5. The van der Waals surface area contributed by atoms with E-state index in [2.05, 4.69) is 5.32 Å². The lowest BCUT2D eigenvalue weighted by Crippen LogP contribution is -2.48. The molecule has 1 rings (SSSR count). The van der Waals surface area contributed by atoms with Gasteiger partial charge < -0.3 is 25.2 Å². The summed E-state index contributed by atoms with van der Waals surface area (Å²) in [6.07, 6.45) is -1.17. The Bertz CT molecular complexity index is 274. The lowest BCUT2D eigenvalue weighted by atomic mass is 10.1. The first-order valence-corrected chi connectivity index (χ1v) is 5.62. The van der Waals surface area contributed by atoms with Gasteiger partial charge in [-0.2, -0.15) is 0 Å². The minimum Gasteiger partial charge on any atom is -0.450 e. The average molecular weight is 246 g/mol. The predicted octanol–water partition coefficient (Wildman–Crippen LogP) is -0.966. The van der Waals surface area contributed by atoms with Crippen molar-refractivity contribution in [3.05, 3.63) is 0 Å². The quantitative estimate of drug-likeness (QED) is 0.557. The fraction of sp³-hybridized carbons (Fsp3) is 0.800. The summed E-state index contributed by atoms with van der Waals surface area (Å²) in [7, 11) is 0. The molecule has 0 aromatic heterocycles. The van der Waals surface area contributed by atoms with Crippen LogP contribution in [-0.4, -0.2) is 59.1 Å². The largest absolute Gasteiger partial charge is 0.450 e. The van der Waals surface area contributed by atoms with E-state index in [0.29, 0.717) is 32.5 Å². The lowest BCUT2D eigenvalue weighted by Gasteiger charge is -2.31. The van der Waals surface area contributed by atoms with E-state index in [9.17, 15) is 9.59 Å². The second kappa shape index (κ2) is 6.41. The Morgan fingerprint density at radius 2 is 2.00 bits per heavy atom. The van der Waals surface area contributed by atoms with Crippen molar-refractivity contribution in [1.82, 2.24) is 10.2 Å². The van der Waals surface area contributed by atoms with Crippen molar-refractivity contribution in [3.63, 3.8) is 0 Å². The van der Waals surface area contributed by atoms with Crippen LogP contribution in [0.25, 0.3) is 0 Å². The molecule has 0 unspecified atom stereocenters. The summed E-state index contributed by atoms with van der Waals surface area (Å²) in [6.45, 7) is 3.07. The highest BCUT2D eigenvalue weighted by Crippen LogP contribution is 2.11. The third kappa shape index (κ3) is 4.20. The summed E-state index contributed by atoms with van der Waals surface area (Å²) in [5.74, 6) is -0.806. The number of nitrogens with zero attached hydrogens (tertiary/aromatic N) is 1. The zero-order valence-corrected chi connectivity index (χ0v) is 9.76. The van der Waals surface area contributed by atoms with E-state index in [1.54, 1.807) is 11.8 Å². The van der Waals surface area contributed by atoms with Gasteiger partial charge in [0.2, 0.25) is 6.29 Å². The van der Waals surface area contributed by atoms with Crippen LogP contribution in [0.3, 0.4) is 0 Å². The number of piperidine rings is 1. The normalized spacial score (nSPS) is 17.1. The fourth-order valence-electron chi connectivity index (χ4n) is 1.70. The van der Waals surface area contributed by atoms with Crippen LogP contribution < -0.4 is 5.32 Å². The highest BCUT2D eigenvalue weighted by molar-refractivity contribution is 5.79. The average Bonchev–Trinajstić information content (AvgIpc) is 2.30. The van der Waals surface area contributed by atoms with Crippen molar-refractivity contribution in [2.24, 2.45) is 0 Å². The minimum atomic E-state index is -1.99. The van der Waals surface area contributed by atoms with Crippen LogP contribution in [0.4, 0.5) is 4.79 Å². The van der Waals surface area contributed by atoms with Crippen LogP contribution in [0.2, 0.25) is 0 Å². The zero-order chi connectivity index (χ0) is 12.8. The number of carbonyl (C=O) groups excluding carboxylic acids is 2. The molecule has 1 aliphatic heterocycles. The Morgan fingerprint density at radius 3 is 2.47 bits per heavy atom. The van der Waals surface area contributed by atoms with Crippen LogP contribution in [0.1, 0.15) is 19.8 Å². The smallest absolute Gasteiger partial charge is 0.409 e. The number of aliphatic hydroxyl groups is 2. The molecule has 2 amide bonds. The Hall–Kier alpha value is -1.34. The lowest BCUT2D eigenvalue weighted by molar-refractivity contribution is -0.148. The third-order valence-corrected chi connectivity index (χ3v) is 2.60. The second-order valence-corrected chi connectivity index (χ2v) is 3.84. The number of hydrogen-bond acceptors (Lipinski definition) is 5.